The van der Waals surface area contributed by atoms with Gasteiger partial charge in [-0.15, -0.1) is 11.3 Å². The first-order valence-electron chi connectivity index (χ1n) is 10.4. The highest BCUT2D eigenvalue weighted by molar-refractivity contribution is 7.09. The molecule has 5 rings (SSSR count). The fraction of sp³-hybridized carbons (Fsp3) is 0.261. The van der Waals surface area contributed by atoms with Crippen LogP contribution in [-0.2, 0) is 4.79 Å². The predicted molar refractivity (Wildman–Crippen MR) is 125 cm³/mol. The van der Waals surface area contributed by atoms with Crippen molar-refractivity contribution >= 4 is 28.7 Å². The number of anilines is 2. The molecule has 1 aromatic carbocycles. The molecule has 0 aliphatic carbocycles. The third-order valence-corrected chi connectivity index (χ3v) is 6.29. The molecule has 0 spiro atoms. The molecule has 0 unspecified atom stereocenters. The van der Waals surface area contributed by atoms with Gasteiger partial charge in [-0.3, -0.25) is 4.79 Å². The number of rotatable bonds is 5. The quantitative estimate of drug-likeness (QED) is 0.503. The molecular formula is C23H23N7OS. The largest absolute Gasteiger partial charge is 0.355 e. The summed E-state index contributed by atoms with van der Waals surface area (Å²) >= 11 is 1.60. The molecular weight excluding hydrogens is 422 g/mol. The zero-order valence-electron chi connectivity index (χ0n) is 18.1. The molecule has 0 radical (unpaired) electrons. The molecule has 9 heteroatoms. The molecule has 1 fully saturated rings. The number of nitrogens with zero attached hydrogens (tertiary/aromatic N) is 6. The Balaban J connectivity index is 1.26. The van der Waals surface area contributed by atoms with Gasteiger partial charge in [0, 0.05) is 35.8 Å². The van der Waals surface area contributed by atoms with E-state index in [1.54, 1.807) is 17.7 Å². The number of carbonyl (C=O) groups excluding carboxylic acids is 1. The number of benzene rings is 1. The Labute approximate surface area is 190 Å². The summed E-state index contributed by atoms with van der Waals surface area (Å²) in [4.78, 5) is 28.3. The molecule has 1 aliphatic heterocycles. The van der Waals surface area contributed by atoms with Crippen molar-refractivity contribution in [2.45, 2.75) is 20.8 Å². The van der Waals surface area contributed by atoms with Crippen molar-refractivity contribution in [2.75, 3.05) is 23.3 Å². The number of hydrogen-bond acceptors (Lipinski definition) is 7. The number of hydrogen-bond donors (Lipinski definition) is 1. The Bertz CT molecular complexity index is 1290. The van der Waals surface area contributed by atoms with Gasteiger partial charge in [0.25, 0.3) is 0 Å². The first-order chi connectivity index (χ1) is 15.5. The van der Waals surface area contributed by atoms with Crippen LogP contribution >= 0.6 is 11.3 Å². The summed E-state index contributed by atoms with van der Waals surface area (Å²) in [5.74, 6) is 1.42. The zero-order valence-corrected chi connectivity index (χ0v) is 18.9. The van der Waals surface area contributed by atoms with Crippen LogP contribution in [0.3, 0.4) is 0 Å². The van der Waals surface area contributed by atoms with E-state index in [9.17, 15) is 4.79 Å². The third kappa shape index (κ3) is 3.87. The molecule has 0 saturated carbocycles. The Morgan fingerprint density at radius 1 is 1.09 bits per heavy atom. The molecule has 0 atom stereocenters. The van der Waals surface area contributed by atoms with Crippen LogP contribution < -0.4 is 10.2 Å². The first-order valence-corrected chi connectivity index (χ1v) is 11.3. The van der Waals surface area contributed by atoms with Crippen LogP contribution in [0.4, 0.5) is 11.5 Å². The minimum absolute atomic E-state index is 0.00785. The molecule has 1 aliphatic rings. The van der Waals surface area contributed by atoms with E-state index in [4.69, 9.17) is 0 Å². The standard InChI is InChI=1S/C23H23N7OS/c1-14-8-15(2)30(28-14)22-9-21(24-13-25-22)29-10-17(11-29)23(31)27-19-7-5-4-6-18(19)20-12-32-16(3)26-20/h4-9,12-13,17H,10-11H2,1-3H3,(H,27,31). The lowest BCUT2D eigenvalue weighted by atomic mass is 9.98. The molecule has 162 valence electrons. The van der Waals surface area contributed by atoms with E-state index < -0.39 is 0 Å². The minimum Gasteiger partial charge on any atom is -0.355 e. The molecule has 4 heterocycles. The Hall–Kier alpha value is -3.59. The summed E-state index contributed by atoms with van der Waals surface area (Å²) in [7, 11) is 0. The van der Waals surface area contributed by atoms with Crippen molar-refractivity contribution in [3.8, 4) is 17.1 Å². The third-order valence-electron chi connectivity index (χ3n) is 5.52. The molecule has 8 nitrogen and oxygen atoms in total. The van der Waals surface area contributed by atoms with Crippen LogP contribution in [-0.4, -0.2) is 43.7 Å². The van der Waals surface area contributed by atoms with Gasteiger partial charge in [-0.25, -0.2) is 19.6 Å². The highest BCUT2D eigenvalue weighted by Gasteiger charge is 2.34. The SMILES string of the molecule is Cc1cc(C)n(-c2cc(N3CC(C(=O)Nc4ccccc4-c4csc(C)n4)C3)ncn2)n1. The van der Waals surface area contributed by atoms with Crippen LogP contribution in [0.5, 0.6) is 0 Å². The van der Waals surface area contributed by atoms with E-state index in [-0.39, 0.29) is 11.8 Å². The average Bonchev–Trinajstić information content (AvgIpc) is 3.32. The highest BCUT2D eigenvalue weighted by atomic mass is 32.1. The summed E-state index contributed by atoms with van der Waals surface area (Å²) in [6.45, 7) is 7.15. The van der Waals surface area contributed by atoms with Crippen molar-refractivity contribution in [2.24, 2.45) is 5.92 Å². The number of amides is 1. The summed E-state index contributed by atoms with van der Waals surface area (Å²) in [5.41, 5.74) is 4.57. The second-order valence-corrected chi connectivity index (χ2v) is 9.02. The average molecular weight is 446 g/mol. The van der Waals surface area contributed by atoms with Gasteiger partial charge in [0.05, 0.1) is 28.0 Å². The highest BCUT2D eigenvalue weighted by Crippen LogP contribution is 2.30. The number of carbonyl (C=O) groups is 1. The number of aromatic nitrogens is 5. The summed E-state index contributed by atoms with van der Waals surface area (Å²) in [6, 6.07) is 11.7. The second-order valence-electron chi connectivity index (χ2n) is 7.96. The van der Waals surface area contributed by atoms with Crippen LogP contribution in [0.2, 0.25) is 0 Å². The summed E-state index contributed by atoms with van der Waals surface area (Å²) in [5, 5.41) is 10.6. The second kappa shape index (κ2) is 8.16. The van der Waals surface area contributed by atoms with Crippen molar-refractivity contribution < 1.29 is 4.79 Å². The van der Waals surface area contributed by atoms with Gasteiger partial charge in [-0.2, -0.15) is 5.10 Å². The predicted octanol–water partition coefficient (Wildman–Crippen LogP) is 3.79. The van der Waals surface area contributed by atoms with Crippen molar-refractivity contribution in [1.82, 2.24) is 24.7 Å². The lowest BCUT2D eigenvalue weighted by Crippen LogP contribution is -2.52. The molecule has 1 N–H and O–H groups in total. The zero-order chi connectivity index (χ0) is 22.2. The number of aryl methyl sites for hydroxylation is 3. The van der Waals surface area contributed by atoms with Crippen molar-refractivity contribution in [1.29, 1.82) is 0 Å². The van der Waals surface area contributed by atoms with Crippen LogP contribution in [0.1, 0.15) is 16.4 Å². The minimum atomic E-state index is -0.104. The van der Waals surface area contributed by atoms with Gasteiger partial charge in [-0.05, 0) is 32.9 Å². The molecule has 3 aromatic heterocycles. The normalized spacial score (nSPS) is 13.8. The van der Waals surface area contributed by atoms with Crippen LogP contribution in [0.25, 0.3) is 17.1 Å². The maximum absolute atomic E-state index is 12.9. The molecule has 4 aromatic rings. The lowest BCUT2D eigenvalue weighted by molar-refractivity contribution is -0.120. The van der Waals surface area contributed by atoms with Crippen LogP contribution in [0, 0.1) is 26.7 Å². The van der Waals surface area contributed by atoms with E-state index in [0.29, 0.717) is 13.1 Å². The first kappa shape index (κ1) is 20.3. The monoisotopic (exact) mass is 445 g/mol. The molecule has 32 heavy (non-hydrogen) atoms. The molecule has 0 bridgehead atoms. The van der Waals surface area contributed by atoms with Gasteiger partial charge in [0.15, 0.2) is 5.82 Å². The fourth-order valence-corrected chi connectivity index (χ4v) is 4.47. The van der Waals surface area contributed by atoms with Gasteiger partial charge in [0.1, 0.15) is 12.1 Å². The lowest BCUT2D eigenvalue weighted by Gasteiger charge is -2.39. The molecule has 1 amide bonds. The summed E-state index contributed by atoms with van der Waals surface area (Å²) < 4.78 is 1.81. The van der Waals surface area contributed by atoms with E-state index in [0.717, 1.165) is 45.0 Å². The Morgan fingerprint density at radius 2 is 1.88 bits per heavy atom. The van der Waals surface area contributed by atoms with Crippen molar-refractivity contribution in [3.05, 3.63) is 64.5 Å². The number of nitrogens with one attached hydrogen (secondary N) is 1. The topological polar surface area (TPSA) is 88.8 Å². The maximum atomic E-state index is 12.9. The smallest absolute Gasteiger partial charge is 0.231 e. The fourth-order valence-electron chi connectivity index (χ4n) is 3.86. The van der Waals surface area contributed by atoms with Crippen LogP contribution in [0.15, 0.2) is 48.1 Å². The van der Waals surface area contributed by atoms with E-state index in [1.165, 1.54) is 0 Å². The van der Waals surface area contributed by atoms with Gasteiger partial charge in [-0.1, -0.05) is 18.2 Å². The molecule has 1 saturated heterocycles. The van der Waals surface area contributed by atoms with Crippen molar-refractivity contribution in [3.63, 3.8) is 0 Å². The van der Waals surface area contributed by atoms with Gasteiger partial charge < -0.3 is 10.2 Å². The van der Waals surface area contributed by atoms with Gasteiger partial charge in [0.2, 0.25) is 5.91 Å². The summed E-state index contributed by atoms with van der Waals surface area (Å²) in [6.07, 6.45) is 1.54. The number of para-hydroxylation sites is 1. The van der Waals surface area contributed by atoms with E-state index in [1.807, 2.05) is 67.2 Å². The number of thiazole rings is 1. The van der Waals surface area contributed by atoms with E-state index in [2.05, 4.69) is 30.3 Å². The van der Waals surface area contributed by atoms with E-state index >= 15 is 0 Å². The Morgan fingerprint density at radius 3 is 2.59 bits per heavy atom. The maximum Gasteiger partial charge on any atom is 0.231 e. The Kier molecular flexibility index (Phi) is 5.18. The van der Waals surface area contributed by atoms with Gasteiger partial charge >= 0.3 is 0 Å².